The summed E-state index contributed by atoms with van der Waals surface area (Å²) in [7, 11) is 0. The van der Waals surface area contributed by atoms with Crippen LogP contribution in [0.2, 0.25) is 0 Å². The van der Waals surface area contributed by atoms with Gasteiger partial charge in [-0.25, -0.2) is 0 Å². The van der Waals surface area contributed by atoms with E-state index in [-0.39, 0.29) is 12.3 Å². The number of carboxylic acid groups (broad SMARTS) is 1. The minimum absolute atomic E-state index is 0.0574. The number of hydrogen-bond acceptors (Lipinski definition) is 2. The highest BCUT2D eigenvalue weighted by molar-refractivity contribution is 5.68. The zero-order valence-electron chi connectivity index (χ0n) is 16.7. The van der Waals surface area contributed by atoms with Crippen molar-refractivity contribution in [1.29, 1.82) is 0 Å². The van der Waals surface area contributed by atoms with Gasteiger partial charge < -0.3 is 9.84 Å². The Morgan fingerprint density at radius 1 is 1.00 bits per heavy atom. The van der Waals surface area contributed by atoms with Crippen LogP contribution in [0.15, 0.2) is 66.7 Å². The number of rotatable bonds is 6. The molecule has 0 saturated heterocycles. The Morgan fingerprint density at radius 3 is 2.48 bits per heavy atom. The van der Waals surface area contributed by atoms with E-state index >= 15 is 0 Å². The van der Waals surface area contributed by atoms with Gasteiger partial charge in [0, 0.05) is 0 Å². The van der Waals surface area contributed by atoms with Crippen molar-refractivity contribution in [3.05, 3.63) is 89.0 Å². The van der Waals surface area contributed by atoms with Crippen molar-refractivity contribution >= 4 is 5.97 Å². The normalized spacial score (nSPS) is 15.5. The van der Waals surface area contributed by atoms with Gasteiger partial charge in [0.1, 0.15) is 12.4 Å². The summed E-state index contributed by atoms with van der Waals surface area (Å²) in [5.41, 5.74) is 3.97. The van der Waals surface area contributed by atoms with E-state index in [0.717, 1.165) is 53.0 Å². The second kappa shape index (κ2) is 8.46. The summed E-state index contributed by atoms with van der Waals surface area (Å²) in [5.74, 6) is -0.0114. The largest absolute Gasteiger partial charge is 0.489 e. The summed E-state index contributed by atoms with van der Waals surface area (Å²) in [6.45, 7) is 0.325. The second-order valence-electron chi connectivity index (χ2n) is 7.76. The average Bonchev–Trinajstić information content (AvgIpc) is 3.13. The van der Waals surface area contributed by atoms with Crippen LogP contribution in [0.25, 0.3) is 11.1 Å². The first kappa shape index (κ1) is 21.0. The van der Waals surface area contributed by atoms with Crippen LogP contribution in [0.5, 0.6) is 5.75 Å². The van der Waals surface area contributed by atoms with Gasteiger partial charge in [0.05, 0.1) is 12.0 Å². The predicted octanol–water partition coefficient (Wildman–Crippen LogP) is 6.46. The summed E-state index contributed by atoms with van der Waals surface area (Å²) < 4.78 is 44.2. The van der Waals surface area contributed by atoms with E-state index in [1.165, 1.54) is 12.1 Å². The van der Waals surface area contributed by atoms with Crippen LogP contribution in [0.4, 0.5) is 13.2 Å². The van der Waals surface area contributed by atoms with Gasteiger partial charge in [0.25, 0.3) is 0 Å². The Hall–Kier alpha value is -3.28. The number of aliphatic carboxylic acids is 1. The van der Waals surface area contributed by atoms with Crippen LogP contribution < -0.4 is 4.74 Å². The van der Waals surface area contributed by atoms with Gasteiger partial charge in [-0.2, -0.15) is 13.2 Å². The molecular weight excluding hydrogens is 405 g/mol. The molecule has 1 atom stereocenters. The van der Waals surface area contributed by atoms with E-state index in [9.17, 15) is 18.0 Å². The smallest absolute Gasteiger partial charge is 0.416 e. The molecule has 0 bridgehead atoms. The molecule has 0 heterocycles. The Balaban J connectivity index is 1.44. The van der Waals surface area contributed by atoms with Crippen molar-refractivity contribution in [2.24, 2.45) is 0 Å². The average molecular weight is 426 g/mol. The van der Waals surface area contributed by atoms with Crippen molar-refractivity contribution in [3.8, 4) is 16.9 Å². The van der Waals surface area contributed by atoms with E-state index in [0.29, 0.717) is 12.2 Å². The van der Waals surface area contributed by atoms with Crippen molar-refractivity contribution in [1.82, 2.24) is 0 Å². The molecule has 3 aromatic rings. The quantitative estimate of drug-likeness (QED) is 0.492. The van der Waals surface area contributed by atoms with E-state index in [4.69, 9.17) is 9.84 Å². The van der Waals surface area contributed by atoms with Crippen LogP contribution in [-0.4, -0.2) is 11.1 Å². The highest BCUT2D eigenvalue weighted by atomic mass is 19.4. The molecule has 0 saturated carbocycles. The Kier molecular flexibility index (Phi) is 5.72. The minimum Gasteiger partial charge on any atom is -0.489 e. The lowest BCUT2D eigenvalue weighted by atomic mass is 9.98. The second-order valence-corrected chi connectivity index (χ2v) is 7.76. The molecule has 6 heteroatoms. The van der Waals surface area contributed by atoms with E-state index in [1.54, 1.807) is 0 Å². The molecule has 1 unspecified atom stereocenters. The third-order valence-electron chi connectivity index (χ3n) is 5.62. The molecule has 3 aromatic carbocycles. The maximum Gasteiger partial charge on any atom is 0.416 e. The van der Waals surface area contributed by atoms with Gasteiger partial charge >= 0.3 is 12.1 Å². The number of hydrogen-bond donors (Lipinski definition) is 1. The number of aryl methyl sites for hydroxylation is 1. The zero-order valence-corrected chi connectivity index (χ0v) is 16.7. The van der Waals surface area contributed by atoms with Crippen molar-refractivity contribution in [2.75, 3.05) is 0 Å². The fraction of sp³-hybridized carbons (Fsp3) is 0.240. The van der Waals surface area contributed by atoms with Gasteiger partial charge in [-0.1, -0.05) is 36.4 Å². The first-order chi connectivity index (χ1) is 14.8. The highest BCUT2D eigenvalue weighted by Gasteiger charge is 2.30. The minimum atomic E-state index is -4.35. The topological polar surface area (TPSA) is 46.5 Å². The lowest BCUT2D eigenvalue weighted by molar-refractivity contribution is -0.138. The summed E-state index contributed by atoms with van der Waals surface area (Å²) in [5, 5.41) is 9.04. The number of fused-ring (bicyclic) bond motifs is 1. The fourth-order valence-corrected chi connectivity index (χ4v) is 4.05. The molecule has 0 radical (unpaired) electrons. The number of carboxylic acids is 1. The van der Waals surface area contributed by atoms with E-state index in [2.05, 4.69) is 0 Å². The third-order valence-corrected chi connectivity index (χ3v) is 5.62. The molecule has 0 spiro atoms. The molecule has 0 fully saturated rings. The first-order valence-electron chi connectivity index (χ1n) is 10.0. The van der Waals surface area contributed by atoms with Crippen LogP contribution in [0.1, 0.15) is 41.0 Å². The first-order valence-corrected chi connectivity index (χ1v) is 10.0. The number of benzene rings is 3. The van der Waals surface area contributed by atoms with Gasteiger partial charge in [-0.05, 0) is 76.9 Å². The molecular formula is C25H21F3O3. The van der Waals surface area contributed by atoms with Crippen LogP contribution in [-0.2, 0) is 24.0 Å². The Labute approximate surface area is 178 Å². The van der Waals surface area contributed by atoms with Gasteiger partial charge in [-0.15, -0.1) is 0 Å². The van der Waals surface area contributed by atoms with Crippen LogP contribution >= 0.6 is 0 Å². The maximum atomic E-state index is 12.8. The molecule has 4 rings (SSSR count). The number of halogens is 3. The molecule has 1 N–H and O–H groups in total. The van der Waals surface area contributed by atoms with E-state index in [1.807, 2.05) is 42.5 Å². The number of carbonyl (C=O) groups is 1. The standard InChI is InChI=1S/C25H21F3O3/c26-25(27,28)21-8-6-17(7-9-21)18-3-1-2-16(12-18)15-31-22-10-11-23-19(13-22)4-5-20(23)14-24(29)30/h1-3,6-13,20H,4-5,14-15H2,(H,29,30). The lowest BCUT2D eigenvalue weighted by Crippen LogP contribution is -2.04. The molecule has 0 amide bonds. The van der Waals surface area contributed by atoms with Gasteiger partial charge in [0.2, 0.25) is 0 Å². The third kappa shape index (κ3) is 4.90. The molecule has 31 heavy (non-hydrogen) atoms. The van der Waals surface area contributed by atoms with Crippen molar-refractivity contribution in [3.63, 3.8) is 0 Å². The lowest BCUT2D eigenvalue weighted by Gasteiger charge is -2.12. The van der Waals surface area contributed by atoms with Crippen LogP contribution in [0, 0.1) is 0 Å². The molecule has 1 aliphatic carbocycles. The predicted molar refractivity (Wildman–Crippen MR) is 111 cm³/mol. The van der Waals surface area contributed by atoms with Gasteiger partial charge in [-0.3, -0.25) is 4.79 Å². The molecule has 160 valence electrons. The summed E-state index contributed by atoms with van der Waals surface area (Å²) in [6.07, 6.45) is -2.53. The Bertz CT molecular complexity index is 1090. The fourth-order valence-electron chi connectivity index (χ4n) is 4.05. The summed E-state index contributed by atoms with van der Waals surface area (Å²) in [4.78, 5) is 11.0. The SMILES string of the molecule is O=C(O)CC1CCc2cc(OCc3cccc(-c4ccc(C(F)(F)F)cc4)c3)ccc21. The number of alkyl halides is 3. The van der Waals surface area contributed by atoms with Gasteiger partial charge in [0.15, 0.2) is 0 Å². The van der Waals surface area contributed by atoms with Crippen molar-refractivity contribution < 1.29 is 27.8 Å². The zero-order chi connectivity index (χ0) is 22.0. The van der Waals surface area contributed by atoms with E-state index < -0.39 is 17.7 Å². The number of ether oxygens (including phenoxy) is 1. The monoisotopic (exact) mass is 426 g/mol. The maximum absolute atomic E-state index is 12.8. The Morgan fingerprint density at radius 2 is 1.77 bits per heavy atom. The van der Waals surface area contributed by atoms with Crippen molar-refractivity contribution in [2.45, 2.75) is 38.0 Å². The summed E-state index contributed by atoms with van der Waals surface area (Å²) >= 11 is 0. The van der Waals surface area contributed by atoms with Crippen LogP contribution in [0.3, 0.4) is 0 Å². The molecule has 1 aliphatic rings. The molecule has 3 nitrogen and oxygen atoms in total. The molecule has 0 aromatic heterocycles. The summed E-state index contributed by atoms with van der Waals surface area (Å²) in [6, 6.07) is 18.4. The highest BCUT2D eigenvalue weighted by Crippen LogP contribution is 2.37. The molecule has 0 aliphatic heterocycles.